The Hall–Kier alpha value is -0.930. The molecular weight excluding hydrogens is 227 g/mol. The molecule has 0 aliphatic rings. The Morgan fingerprint density at radius 1 is 1.06 bits per heavy atom. The van der Waals surface area contributed by atoms with Crippen LogP contribution in [0.5, 0.6) is 0 Å². The first-order valence-electron chi connectivity index (χ1n) is 5.83. The molecule has 0 saturated carbocycles. The van der Waals surface area contributed by atoms with E-state index in [0.29, 0.717) is 6.42 Å². The van der Waals surface area contributed by atoms with Crippen molar-refractivity contribution >= 4 is 0 Å². The highest BCUT2D eigenvalue weighted by molar-refractivity contribution is 5.12. The summed E-state index contributed by atoms with van der Waals surface area (Å²) in [7, 11) is 0. The molecule has 0 atom stereocenters. The van der Waals surface area contributed by atoms with Gasteiger partial charge in [0.15, 0.2) is 0 Å². The Kier molecular flexibility index (Phi) is 14.5. The van der Waals surface area contributed by atoms with E-state index in [0.717, 1.165) is 6.42 Å². The molecule has 0 aliphatic heterocycles. The molecule has 0 radical (unpaired) electrons. The minimum absolute atomic E-state index is 0.188. The summed E-state index contributed by atoms with van der Waals surface area (Å²) in [6.07, 6.45) is -2.91. The zero-order valence-corrected chi connectivity index (χ0v) is 11.8. The number of hydrogen-bond acceptors (Lipinski definition) is 1. The highest BCUT2D eigenvalue weighted by atomic mass is 19.4. The molecule has 17 heavy (non-hydrogen) atoms. The molecule has 104 valence electrons. The maximum atomic E-state index is 11.7. The predicted molar refractivity (Wildman–Crippen MR) is 69.7 cm³/mol. The molecule has 0 aliphatic carbocycles. The first-order chi connectivity index (χ1) is 7.66. The number of alkyl halides is 3. The fourth-order valence-corrected chi connectivity index (χ4v) is 0.432. The smallest absolute Gasteiger partial charge is 0.395 e. The minimum atomic E-state index is -4.36. The van der Waals surface area contributed by atoms with Crippen LogP contribution < -0.4 is 5.73 Å². The molecule has 0 aromatic heterocycles. The van der Waals surface area contributed by atoms with Crippen LogP contribution in [0.2, 0.25) is 0 Å². The topological polar surface area (TPSA) is 26.0 Å². The van der Waals surface area contributed by atoms with Crippen molar-refractivity contribution in [2.24, 2.45) is 5.73 Å². The van der Waals surface area contributed by atoms with Crippen LogP contribution in [0.3, 0.4) is 0 Å². The van der Waals surface area contributed by atoms with Crippen molar-refractivity contribution in [3.63, 3.8) is 0 Å². The maximum Gasteiger partial charge on any atom is 0.430 e. The summed E-state index contributed by atoms with van der Waals surface area (Å²) >= 11 is 0. The van der Waals surface area contributed by atoms with Crippen molar-refractivity contribution < 1.29 is 13.2 Å². The lowest BCUT2D eigenvalue weighted by molar-refractivity contribution is -0.0936. The van der Waals surface area contributed by atoms with E-state index in [1.807, 2.05) is 20.8 Å². The molecule has 1 nitrogen and oxygen atoms in total. The van der Waals surface area contributed by atoms with E-state index in [9.17, 15) is 13.2 Å². The molecule has 0 aromatic carbocycles. The van der Waals surface area contributed by atoms with Gasteiger partial charge in [-0.2, -0.15) is 13.2 Å². The molecule has 0 aromatic rings. The van der Waals surface area contributed by atoms with Crippen molar-refractivity contribution in [1.82, 2.24) is 0 Å². The molecule has 2 N–H and O–H groups in total. The molecular formula is C13H26F3N. The summed E-state index contributed by atoms with van der Waals surface area (Å²) in [5.74, 6) is 0. The zero-order chi connectivity index (χ0) is 14.6. The van der Waals surface area contributed by atoms with Crippen molar-refractivity contribution in [3.8, 4) is 0 Å². The summed E-state index contributed by atoms with van der Waals surface area (Å²) in [4.78, 5) is 0. The second-order valence-corrected chi connectivity index (χ2v) is 3.36. The van der Waals surface area contributed by atoms with Gasteiger partial charge in [0.1, 0.15) is 5.70 Å². The van der Waals surface area contributed by atoms with Gasteiger partial charge in [0.25, 0.3) is 0 Å². The van der Waals surface area contributed by atoms with E-state index in [1.165, 1.54) is 12.5 Å². The second-order valence-electron chi connectivity index (χ2n) is 3.36. The average molecular weight is 253 g/mol. The van der Waals surface area contributed by atoms with E-state index < -0.39 is 11.9 Å². The van der Waals surface area contributed by atoms with Crippen LogP contribution in [0.25, 0.3) is 0 Å². The van der Waals surface area contributed by atoms with Crippen LogP contribution in [0, 0.1) is 0 Å². The van der Waals surface area contributed by atoms with Crippen molar-refractivity contribution in [3.05, 3.63) is 23.4 Å². The molecule has 0 unspecified atom stereocenters. The third-order valence-electron chi connectivity index (χ3n) is 1.90. The third-order valence-corrected chi connectivity index (χ3v) is 1.90. The lowest BCUT2D eigenvalue weighted by Gasteiger charge is -2.08. The van der Waals surface area contributed by atoms with Gasteiger partial charge in [-0.1, -0.05) is 33.3 Å². The standard InChI is InChI=1S/C6H10F3N.C5H10.C2H6/c1-3-4(2)5(10)6(7,8)9;1-4-5(2)3;1-2/h3,10H2,1-2H3;2,4H2,1,3H3;1-2H3/b5-4+;;. The van der Waals surface area contributed by atoms with Gasteiger partial charge in [-0.05, 0) is 32.3 Å². The van der Waals surface area contributed by atoms with E-state index in [1.54, 1.807) is 6.92 Å². The van der Waals surface area contributed by atoms with E-state index >= 15 is 0 Å². The van der Waals surface area contributed by atoms with E-state index in [2.05, 4.69) is 13.5 Å². The fraction of sp³-hybridized carbons (Fsp3) is 0.692. The first kappa shape index (κ1) is 21.4. The SMILES string of the molecule is C=C(C)CC.CC.CC/C(C)=C(/N)C(F)(F)F. The van der Waals surface area contributed by atoms with E-state index in [4.69, 9.17) is 5.73 Å². The molecule has 4 heteroatoms. The van der Waals surface area contributed by atoms with Crippen LogP contribution in [-0.4, -0.2) is 6.18 Å². The van der Waals surface area contributed by atoms with Gasteiger partial charge in [-0.25, -0.2) is 0 Å². The summed E-state index contributed by atoms with van der Waals surface area (Å²) in [6.45, 7) is 14.8. The third kappa shape index (κ3) is 15.1. The number of hydrogen-bond donors (Lipinski definition) is 1. The minimum Gasteiger partial charge on any atom is -0.395 e. The predicted octanol–water partition coefficient (Wildman–Crippen LogP) is 5.19. The van der Waals surface area contributed by atoms with E-state index in [-0.39, 0.29) is 5.57 Å². The van der Waals surface area contributed by atoms with Gasteiger partial charge in [0, 0.05) is 0 Å². The molecule has 0 fully saturated rings. The summed E-state index contributed by atoms with van der Waals surface area (Å²) in [6, 6.07) is 0. The summed E-state index contributed by atoms with van der Waals surface area (Å²) < 4.78 is 35.1. The lowest BCUT2D eigenvalue weighted by Crippen LogP contribution is -2.20. The Labute approximate surface area is 104 Å². The van der Waals surface area contributed by atoms with Crippen molar-refractivity contribution in [1.29, 1.82) is 0 Å². The number of allylic oxidation sites excluding steroid dienone is 3. The Balaban J connectivity index is -0.000000236. The summed E-state index contributed by atoms with van der Waals surface area (Å²) in [5, 5.41) is 0. The highest BCUT2D eigenvalue weighted by Crippen LogP contribution is 2.24. The quantitative estimate of drug-likeness (QED) is 0.673. The van der Waals surface area contributed by atoms with Gasteiger partial charge >= 0.3 is 6.18 Å². The first-order valence-corrected chi connectivity index (χ1v) is 5.83. The maximum absolute atomic E-state index is 11.7. The van der Waals surface area contributed by atoms with Gasteiger partial charge in [-0.3, -0.25) is 0 Å². The molecule has 0 amide bonds. The fourth-order valence-electron chi connectivity index (χ4n) is 0.432. The largest absolute Gasteiger partial charge is 0.430 e. The monoisotopic (exact) mass is 253 g/mol. The van der Waals surface area contributed by atoms with Crippen LogP contribution in [-0.2, 0) is 0 Å². The van der Waals surface area contributed by atoms with Gasteiger partial charge in [0.05, 0.1) is 0 Å². The van der Waals surface area contributed by atoms with Gasteiger partial charge in [0.2, 0.25) is 0 Å². The summed E-state index contributed by atoms with van der Waals surface area (Å²) in [5.41, 5.74) is 5.24. The van der Waals surface area contributed by atoms with Crippen LogP contribution in [0.15, 0.2) is 23.4 Å². The highest BCUT2D eigenvalue weighted by Gasteiger charge is 2.32. The normalized spacial score (nSPS) is 11.4. The second kappa shape index (κ2) is 11.6. The number of rotatable bonds is 2. The molecule has 0 bridgehead atoms. The zero-order valence-electron chi connectivity index (χ0n) is 11.8. The molecule has 0 rings (SSSR count). The molecule has 0 heterocycles. The van der Waals surface area contributed by atoms with Crippen molar-refractivity contribution in [2.75, 3.05) is 0 Å². The average Bonchev–Trinajstić information content (AvgIpc) is 2.29. The van der Waals surface area contributed by atoms with Crippen LogP contribution in [0.1, 0.15) is 54.4 Å². The number of halogens is 3. The van der Waals surface area contributed by atoms with Crippen LogP contribution in [0.4, 0.5) is 13.2 Å². The molecule has 0 saturated heterocycles. The van der Waals surface area contributed by atoms with Gasteiger partial charge in [-0.15, -0.1) is 6.58 Å². The Morgan fingerprint density at radius 2 is 1.35 bits per heavy atom. The molecule has 0 spiro atoms. The Morgan fingerprint density at radius 3 is 1.41 bits per heavy atom. The van der Waals surface area contributed by atoms with Crippen LogP contribution >= 0.6 is 0 Å². The Bertz CT molecular complexity index is 227. The van der Waals surface area contributed by atoms with Gasteiger partial charge < -0.3 is 5.73 Å². The lowest BCUT2D eigenvalue weighted by atomic mass is 10.2. The van der Waals surface area contributed by atoms with Crippen molar-refractivity contribution in [2.45, 2.75) is 60.6 Å². The number of nitrogens with two attached hydrogens (primary N) is 1.